The summed E-state index contributed by atoms with van der Waals surface area (Å²) in [6.45, 7) is 0.234. The number of hydrogen-bond acceptors (Lipinski definition) is 5. The number of esters is 1. The van der Waals surface area contributed by atoms with Crippen LogP contribution in [0.5, 0.6) is 5.75 Å². The normalized spacial score (nSPS) is 12.2. The molecule has 0 bridgehead atoms. The Bertz CT molecular complexity index is 613. The second-order valence-corrected chi connectivity index (χ2v) is 4.49. The number of pyridine rings is 1. The van der Waals surface area contributed by atoms with Crippen LogP contribution in [0.3, 0.4) is 0 Å². The van der Waals surface area contributed by atoms with Crippen LogP contribution < -0.4 is 10.5 Å². The Morgan fingerprint density at radius 3 is 2.75 bits per heavy atom. The average Bonchev–Trinajstić information content (AvgIpc) is 2.51. The number of rotatable bonds is 5. The smallest absolute Gasteiger partial charge is 0.310 e. The highest BCUT2D eigenvalue weighted by Crippen LogP contribution is 2.24. The monoisotopic (exact) mass is 274 g/mol. The van der Waals surface area contributed by atoms with Gasteiger partial charge in [-0.3, -0.25) is 4.79 Å². The minimum atomic E-state index is -0.375. The van der Waals surface area contributed by atoms with Crippen molar-refractivity contribution in [3.05, 3.63) is 36.0 Å². The third-order valence-electron chi connectivity index (χ3n) is 3.24. The molecule has 0 aliphatic carbocycles. The summed E-state index contributed by atoms with van der Waals surface area (Å²) in [5.74, 6) is 0.0285. The summed E-state index contributed by atoms with van der Waals surface area (Å²) in [5, 5.41) is 0.996. The van der Waals surface area contributed by atoms with Gasteiger partial charge in [-0.05, 0) is 12.1 Å². The molecular weight excluding hydrogens is 256 g/mol. The summed E-state index contributed by atoms with van der Waals surface area (Å²) in [7, 11) is 2.97. The van der Waals surface area contributed by atoms with E-state index in [0.717, 1.165) is 16.6 Å². The first-order chi connectivity index (χ1) is 9.69. The van der Waals surface area contributed by atoms with Gasteiger partial charge in [-0.1, -0.05) is 18.2 Å². The van der Waals surface area contributed by atoms with Crippen LogP contribution in [0.4, 0.5) is 0 Å². The fourth-order valence-electron chi connectivity index (χ4n) is 2.12. The molecule has 0 radical (unpaired) electrons. The first-order valence-corrected chi connectivity index (χ1v) is 6.40. The van der Waals surface area contributed by atoms with Crippen LogP contribution in [-0.2, 0) is 16.0 Å². The third kappa shape index (κ3) is 2.88. The zero-order valence-corrected chi connectivity index (χ0v) is 11.6. The van der Waals surface area contributed by atoms with E-state index < -0.39 is 0 Å². The number of aromatic nitrogens is 1. The maximum atomic E-state index is 11.6. The molecule has 0 aliphatic heterocycles. The van der Waals surface area contributed by atoms with Gasteiger partial charge in [0.2, 0.25) is 0 Å². The number of carbonyl (C=O) groups excluding carboxylic acids is 1. The number of para-hydroxylation sites is 1. The van der Waals surface area contributed by atoms with Gasteiger partial charge in [0.25, 0.3) is 0 Å². The molecule has 5 heteroatoms. The predicted molar refractivity (Wildman–Crippen MR) is 76.6 cm³/mol. The van der Waals surface area contributed by atoms with Crippen LogP contribution in [0, 0.1) is 5.92 Å². The van der Waals surface area contributed by atoms with E-state index in [1.165, 1.54) is 7.11 Å². The number of nitrogens with zero attached hydrogens (tertiary/aromatic N) is 1. The number of methoxy groups -OCH3 is 2. The number of hydrogen-bond donors (Lipinski definition) is 1. The molecule has 1 heterocycles. The van der Waals surface area contributed by atoms with Crippen LogP contribution in [0.2, 0.25) is 0 Å². The number of nitrogens with two attached hydrogens (primary N) is 1. The Labute approximate surface area is 117 Å². The van der Waals surface area contributed by atoms with E-state index in [9.17, 15) is 4.79 Å². The summed E-state index contributed by atoms with van der Waals surface area (Å²) >= 11 is 0. The van der Waals surface area contributed by atoms with Crippen molar-refractivity contribution in [3.8, 4) is 5.75 Å². The maximum Gasteiger partial charge on any atom is 0.310 e. The van der Waals surface area contributed by atoms with Crippen LogP contribution in [0.1, 0.15) is 5.69 Å². The van der Waals surface area contributed by atoms with Crippen molar-refractivity contribution in [2.24, 2.45) is 11.7 Å². The van der Waals surface area contributed by atoms with Gasteiger partial charge in [-0.2, -0.15) is 0 Å². The van der Waals surface area contributed by atoms with E-state index in [2.05, 4.69) is 4.98 Å². The summed E-state index contributed by atoms with van der Waals surface area (Å²) < 4.78 is 10.0. The van der Waals surface area contributed by atoms with E-state index in [1.807, 2.05) is 30.3 Å². The average molecular weight is 274 g/mol. The molecule has 0 amide bonds. The Hall–Kier alpha value is -2.14. The molecule has 2 rings (SSSR count). The standard InChI is InChI=1S/C15H18N2O3/c1-19-13-5-3-4-10-6-7-12(17-14(10)13)8-11(9-16)15(18)20-2/h3-7,11H,8-9,16H2,1-2H3. The molecule has 106 valence electrons. The van der Waals surface area contributed by atoms with Gasteiger partial charge in [0.05, 0.1) is 20.1 Å². The second kappa shape index (κ2) is 6.34. The minimum Gasteiger partial charge on any atom is -0.494 e. The SMILES string of the molecule is COC(=O)C(CN)Cc1ccc2cccc(OC)c2n1. The molecule has 1 unspecified atom stereocenters. The Morgan fingerprint density at radius 2 is 2.10 bits per heavy atom. The van der Waals surface area contributed by atoms with E-state index >= 15 is 0 Å². The predicted octanol–water partition coefficient (Wildman–Crippen LogP) is 1.53. The van der Waals surface area contributed by atoms with Gasteiger partial charge < -0.3 is 15.2 Å². The molecule has 0 saturated heterocycles. The van der Waals surface area contributed by atoms with Gasteiger partial charge in [0.1, 0.15) is 11.3 Å². The summed E-state index contributed by atoms with van der Waals surface area (Å²) in [6, 6.07) is 9.60. The lowest BCUT2D eigenvalue weighted by molar-refractivity contribution is -0.145. The molecule has 5 nitrogen and oxygen atoms in total. The molecule has 1 aromatic heterocycles. The second-order valence-electron chi connectivity index (χ2n) is 4.49. The Kier molecular flexibility index (Phi) is 4.53. The Balaban J connectivity index is 2.33. The highest BCUT2D eigenvalue weighted by atomic mass is 16.5. The van der Waals surface area contributed by atoms with Crippen molar-refractivity contribution in [2.75, 3.05) is 20.8 Å². The largest absolute Gasteiger partial charge is 0.494 e. The number of fused-ring (bicyclic) bond motifs is 1. The van der Waals surface area contributed by atoms with Crippen molar-refractivity contribution in [3.63, 3.8) is 0 Å². The molecule has 2 N–H and O–H groups in total. The van der Waals surface area contributed by atoms with Crippen molar-refractivity contribution in [1.29, 1.82) is 0 Å². The van der Waals surface area contributed by atoms with Crippen molar-refractivity contribution < 1.29 is 14.3 Å². The fourth-order valence-corrected chi connectivity index (χ4v) is 2.12. The lowest BCUT2D eigenvalue weighted by Gasteiger charge is -2.12. The van der Waals surface area contributed by atoms with Gasteiger partial charge >= 0.3 is 5.97 Å². The van der Waals surface area contributed by atoms with E-state index in [4.69, 9.17) is 15.2 Å². The molecular formula is C15H18N2O3. The molecule has 0 fully saturated rings. The molecule has 2 aromatic rings. The summed E-state index contributed by atoms with van der Waals surface area (Å²) in [5.41, 5.74) is 7.19. The zero-order chi connectivity index (χ0) is 14.5. The highest BCUT2D eigenvalue weighted by molar-refractivity contribution is 5.84. The van der Waals surface area contributed by atoms with Gasteiger partial charge in [0.15, 0.2) is 0 Å². The van der Waals surface area contributed by atoms with Crippen molar-refractivity contribution in [1.82, 2.24) is 4.98 Å². The van der Waals surface area contributed by atoms with Crippen LogP contribution in [-0.4, -0.2) is 31.7 Å². The number of carbonyl (C=O) groups is 1. The molecule has 0 spiro atoms. The van der Waals surface area contributed by atoms with E-state index in [1.54, 1.807) is 7.11 Å². The summed E-state index contributed by atoms with van der Waals surface area (Å²) in [6.07, 6.45) is 0.456. The van der Waals surface area contributed by atoms with Crippen LogP contribution in [0.25, 0.3) is 10.9 Å². The number of benzene rings is 1. The van der Waals surface area contributed by atoms with Gasteiger partial charge in [0, 0.05) is 24.0 Å². The Morgan fingerprint density at radius 1 is 1.30 bits per heavy atom. The molecule has 1 aromatic carbocycles. The fraction of sp³-hybridized carbons (Fsp3) is 0.333. The summed E-state index contributed by atoms with van der Waals surface area (Å²) in [4.78, 5) is 16.1. The van der Waals surface area contributed by atoms with E-state index in [0.29, 0.717) is 12.2 Å². The van der Waals surface area contributed by atoms with Crippen LogP contribution >= 0.6 is 0 Å². The maximum absolute atomic E-state index is 11.6. The quantitative estimate of drug-likeness (QED) is 0.837. The van der Waals surface area contributed by atoms with Gasteiger partial charge in [-0.25, -0.2) is 4.98 Å². The lowest BCUT2D eigenvalue weighted by Crippen LogP contribution is -2.27. The molecule has 0 saturated carbocycles. The number of ether oxygens (including phenoxy) is 2. The zero-order valence-electron chi connectivity index (χ0n) is 11.6. The molecule has 1 atom stereocenters. The molecule has 0 aliphatic rings. The first kappa shape index (κ1) is 14.3. The van der Waals surface area contributed by atoms with E-state index in [-0.39, 0.29) is 18.4 Å². The molecule has 20 heavy (non-hydrogen) atoms. The van der Waals surface area contributed by atoms with Gasteiger partial charge in [-0.15, -0.1) is 0 Å². The first-order valence-electron chi connectivity index (χ1n) is 6.40. The van der Waals surface area contributed by atoms with Crippen LogP contribution in [0.15, 0.2) is 30.3 Å². The topological polar surface area (TPSA) is 74.4 Å². The highest BCUT2D eigenvalue weighted by Gasteiger charge is 2.18. The lowest BCUT2D eigenvalue weighted by atomic mass is 10.0. The third-order valence-corrected chi connectivity index (χ3v) is 3.24. The minimum absolute atomic E-state index is 0.234. The van der Waals surface area contributed by atoms with Crippen molar-refractivity contribution >= 4 is 16.9 Å². The van der Waals surface area contributed by atoms with Crippen molar-refractivity contribution in [2.45, 2.75) is 6.42 Å².